The Bertz CT molecular complexity index is 50.4. The average Bonchev–Trinajstić information content (AvgIpc) is 1.70. The first kappa shape index (κ1) is 30.3. The minimum absolute atomic E-state index is 0. The third-order valence-corrected chi connectivity index (χ3v) is 0. The molecule has 0 rings (SSSR count). The van der Waals surface area contributed by atoms with Gasteiger partial charge in [0.2, 0.25) is 0 Å². The van der Waals surface area contributed by atoms with E-state index in [1.165, 1.54) is 0 Å². The van der Waals surface area contributed by atoms with E-state index in [9.17, 15) is 0 Å². The molecule has 0 heterocycles. The molecule has 62 valence electrons. The van der Waals surface area contributed by atoms with Crippen LogP contribution in [0.3, 0.4) is 0 Å². The molecule has 0 bridgehead atoms. The Labute approximate surface area is 69.2 Å². The normalized spacial score (nSPS) is 5.73. The van der Waals surface area contributed by atoms with Gasteiger partial charge >= 0.3 is 8.41 Å². The maximum Gasteiger partial charge on any atom is 3.00 e. The predicted molar refractivity (Wildman–Crippen MR) is 32.2 cm³/mol. The number of hydrogen-bond donors (Lipinski definition) is 0. The Kier molecular flexibility index (Phi) is 232. The van der Waals surface area contributed by atoms with E-state index in [-0.39, 0.29) is 13.9 Å². The molecule has 0 aromatic carbocycles. The van der Waals surface area contributed by atoms with Crippen LogP contribution >= 0.6 is 26.1 Å². The molecular weight excluding hydrogens is 216 g/mol. The zero-order valence-corrected chi connectivity index (χ0v) is 7.55. The monoisotopic (exact) mass is 218 g/mol. The van der Waals surface area contributed by atoms with Crippen molar-refractivity contribution >= 4 is 34.5 Å². The summed E-state index contributed by atoms with van der Waals surface area (Å²) < 4.78 is 25.0. The van der Waals surface area contributed by atoms with Gasteiger partial charge in [-0.2, -0.15) is 0 Å². The first-order valence-corrected chi connectivity index (χ1v) is 3.29. The van der Waals surface area contributed by atoms with Crippen LogP contribution in [0.4, 0.5) is 0 Å². The molecule has 0 saturated heterocycles. The van der Waals surface area contributed by atoms with Gasteiger partial charge in [0.1, 0.15) is 0 Å². The molecule has 0 fully saturated rings. The number of rotatable bonds is 0. The molecule has 11 heteroatoms. The summed E-state index contributed by atoms with van der Waals surface area (Å²) in [6.07, 6.45) is 0. The van der Waals surface area contributed by atoms with E-state index in [1.807, 2.05) is 0 Å². The Balaban J connectivity index is -0.0000000150. The van der Waals surface area contributed by atoms with E-state index in [4.69, 9.17) is 28.4 Å². The largest absolute Gasteiger partial charge is 3.00 e. The van der Waals surface area contributed by atoms with Crippen molar-refractivity contribution in [3.05, 3.63) is 0 Å². The second kappa shape index (κ2) is 84.2. The van der Waals surface area contributed by atoms with E-state index in [0.29, 0.717) is 0 Å². The van der Waals surface area contributed by atoms with Gasteiger partial charge in [0.25, 0.3) is 0 Å². The van der Waals surface area contributed by atoms with Gasteiger partial charge in [-0.25, -0.2) is 0 Å². The summed E-state index contributed by atoms with van der Waals surface area (Å²) in [6.45, 7) is 0. The standard InChI is InChI=1S/B.3HO2P.H2O/c;3*1-3-2;/h;3*(H,1,2);1H2/q+3;;;;/p-3. The van der Waals surface area contributed by atoms with Crippen molar-refractivity contribution in [2.24, 2.45) is 0 Å². The fourth-order valence-electron chi connectivity index (χ4n) is 0. The van der Waals surface area contributed by atoms with E-state index in [1.54, 1.807) is 0 Å². The van der Waals surface area contributed by atoms with Crippen LogP contribution in [0.2, 0.25) is 0 Å². The smallest absolute Gasteiger partial charge is 0.772 e. The van der Waals surface area contributed by atoms with Crippen molar-refractivity contribution in [3.63, 3.8) is 0 Å². The predicted octanol–water partition coefficient (Wildman–Crippen LogP) is -2.55. The van der Waals surface area contributed by atoms with Crippen molar-refractivity contribution in [3.8, 4) is 0 Å². The molecule has 0 spiro atoms. The zero-order chi connectivity index (χ0) is 8.12. The molecule has 0 aliphatic rings. The average molecular weight is 218 g/mol. The Morgan fingerprint density at radius 3 is 0.727 bits per heavy atom. The van der Waals surface area contributed by atoms with Gasteiger partial charge in [-0.05, 0) is 0 Å². The van der Waals surface area contributed by atoms with E-state index in [0.717, 1.165) is 0 Å². The Morgan fingerprint density at radius 2 is 0.727 bits per heavy atom. The van der Waals surface area contributed by atoms with Gasteiger partial charge < -0.3 is 20.2 Å². The van der Waals surface area contributed by atoms with Gasteiger partial charge in [-0.3, -0.25) is 13.7 Å². The molecule has 0 aromatic heterocycles. The summed E-state index contributed by atoms with van der Waals surface area (Å²) in [7, 11) is -3.25. The van der Waals surface area contributed by atoms with Crippen LogP contribution in [0.25, 0.3) is 0 Å². The first-order valence-electron chi connectivity index (χ1n) is 1.10. The van der Waals surface area contributed by atoms with E-state index in [2.05, 4.69) is 0 Å². The maximum atomic E-state index is 8.35. The van der Waals surface area contributed by atoms with Crippen molar-refractivity contribution in [1.29, 1.82) is 0 Å². The SMILES string of the molecule is O.O=P[O-].O=P[O-].O=P[O-].[B+3]. The topological polar surface area (TPSA) is 152 Å². The Morgan fingerprint density at radius 1 is 0.727 bits per heavy atom. The molecule has 2 N–H and O–H groups in total. The summed E-state index contributed by atoms with van der Waals surface area (Å²) >= 11 is 0. The molecule has 7 nitrogen and oxygen atoms in total. The molecular formula is H2BO7P3. The quantitative estimate of drug-likeness (QED) is 0.322. The van der Waals surface area contributed by atoms with Gasteiger partial charge in [-0.15, -0.1) is 0 Å². The van der Waals surface area contributed by atoms with Gasteiger partial charge in [-0.1, -0.05) is 0 Å². The number of hydrogen-bond acceptors (Lipinski definition) is 6. The second-order valence-electron chi connectivity index (χ2n) is 0.224. The van der Waals surface area contributed by atoms with Crippen LogP contribution in [-0.4, -0.2) is 13.9 Å². The molecule has 0 amide bonds. The third-order valence-electron chi connectivity index (χ3n) is 0. The molecule has 0 unspecified atom stereocenters. The van der Waals surface area contributed by atoms with E-state index >= 15 is 0 Å². The summed E-state index contributed by atoms with van der Waals surface area (Å²) in [4.78, 5) is 25.0. The summed E-state index contributed by atoms with van der Waals surface area (Å²) in [6, 6.07) is 0. The van der Waals surface area contributed by atoms with E-state index < -0.39 is 26.1 Å². The van der Waals surface area contributed by atoms with Crippen LogP contribution in [-0.2, 0) is 13.7 Å². The fraction of sp³-hybridized carbons (Fsp3) is 0. The molecule has 0 aromatic rings. The minimum atomic E-state index is -1.08. The van der Waals surface area contributed by atoms with Crippen molar-refractivity contribution in [2.75, 3.05) is 0 Å². The zero-order valence-electron chi connectivity index (χ0n) is 4.87. The van der Waals surface area contributed by atoms with Crippen LogP contribution < -0.4 is 14.7 Å². The maximum absolute atomic E-state index is 8.35. The molecule has 11 heavy (non-hydrogen) atoms. The third kappa shape index (κ3) is 16400. The molecule has 0 saturated carbocycles. The van der Waals surface area contributed by atoms with Crippen LogP contribution in [0.1, 0.15) is 0 Å². The van der Waals surface area contributed by atoms with Crippen LogP contribution in [0.15, 0.2) is 0 Å². The molecule has 0 aliphatic carbocycles. The first-order chi connectivity index (χ1) is 4.24. The fourth-order valence-corrected chi connectivity index (χ4v) is 0. The minimum Gasteiger partial charge on any atom is -0.772 e. The molecule has 0 atom stereocenters. The second-order valence-corrected chi connectivity index (χ2v) is 0.671. The summed E-state index contributed by atoms with van der Waals surface area (Å²) in [5.41, 5.74) is 0. The summed E-state index contributed by atoms with van der Waals surface area (Å²) in [5, 5.41) is 0. The van der Waals surface area contributed by atoms with Gasteiger partial charge in [0.15, 0.2) is 0 Å². The molecule has 0 radical (unpaired) electrons. The van der Waals surface area contributed by atoms with Crippen molar-refractivity contribution < 1.29 is 33.9 Å². The van der Waals surface area contributed by atoms with Crippen LogP contribution in [0, 0.1) is 0 Å². The van der Waals surface area contributed by atoms with Crippen molar-refractivity contribution in [1.82, 2.24) is 0 Å². The van der Waals surface area contributed by atoms with Crippen molar-refractivity contribution in [2.45, 2.75) is 0 Å². The Hall–Kier alpha value is 0.205. The van der Waals surface area contributed by atoms with Crippen LogP contribution in [0.5, 0.6) is 0 Å². The molecule has 0 aliphatic heterocycles. The summed E-state index contributed by atoms with van der Waals surface area (Å²) in [5.74, 6) is 0. The van der Waals surface area contributed by atoms with Gasteiger partial charge in [0, 0.05) is 0 Å². The van der Waals surface area contributed by atoms with Gasteiger partial charge in [0.05, 0.1) is 26.1 Å².